The molecule has 2 aromatic heterocycles. The number of aromatic amines is 2. The van der Waals surface area contributed by atoms with Crippen LogP contribution in [0.1, 0.15) is 131 Å². The minimum Gasteiger partial charge on any atom is -0.453 e. The van der Waals surface area contributed by atoms with Crippen LogP contribution in [0.2, 0.25) is 0 Å². The zero-order chi connectivity index (χ0) is 41.1. The minimum atomic E-state index is -0.787. The number of hydrogen-bond donors (Lipinski definition) is 5. The van der Waals surface area contributed by atoms with Gasteiger partial charge in [-0.15, -0.1) is 0 Å². The van der Waals surface area contributed by atoms with E-state index in [2.05, 4.69) is 50.2 Å². The van der Waals surface area contributed by atoms with Gasteiger partial charge in [0.2, 0.25) is 11.8 Å². The number of ether oxygens (including phenoxy) is 1. The molecular weight excluding hydrogens is 747 g/mol. The number of aromatic nitrogens is 4. The summed E-state index contributed by atoms with van der Waals surface area (Å²) in [5.74, 6) is 1.35. The predicted octanol–water partition coefficient (Wildman–Crippen LogP) is 6.87. The molecule has 59 heavy (non-hydrogen) atoms. The number of nitrogens with one attached hydrogen (secondary N) is 5. The summed E-state index contributed by atoms with van der Waals surface area (Å²) in [6, 6.07) is 16.3. The highest BCUT2D eigenvalue weighted by Crippen LogP contribution is 2.58. The maximum absolute atomic E-state index is 14.1. The summed E-state index contributed by atoms with van der Waals surface area (Å²) >= 11 is 0. The Bertz CT molecular complexity index is 2110. The van der Waals surface area contributed by atoms with Crippen LogP contribution in [-0.2, 0) is 25.2 Å². The van der Waals surface area contributed by atoms with Crippen LogP contribution in [-0.4, -0.2) is 86.5 Å². The van der Waals surface area contributed by atoms with E-state index in [1.807, 2.05) is 66.4 Å². The molecule has 5 amide bonds. The molecule has 3 saturated carbocycles. The first-order chi connectivity index (χ1) is 28.7. The van der Waals surface area contributed by atoms with Gasteiger partial charge in [-0.1, -0.05) is 61.5 Å². The van der Waals surface area contributed by atoms with Crippen molar-refractivity contribution in [2.24, 2.45) is 0 Å². The average Bonchev–Trinajstić information content (AvgIpc) is 4.13. The summed E-state index contributed by atoms with van der Waals surface area (Å²) < 4.78 is 4.74. The van der Waals surface area contributed by atoms with Gasteiger partial charge >= 0.3 is 12.1 Å². The van der Waals surface area contributed by atoms with Gasteiger partial charge in [0.05, 0.1) is 31.1 Å². The Hall–Kier alpha value is -5.66. The van der Waals surface area contributed by atoms with Crippen LogP contribution in [0.15, 0.2) is 67.0 Å². The third kappa shape index (κ3) is 7.81. The number of H-pyrrole nitrogens is 2. The standard InChI is InChI=1S/C45H57N9O5/c1-4-32(50-43(58)59-3)40(55)53-25-9-13-34(53)38-47-27-33(49-38)29-15-17-31(18-16-29)44-19-22-45(23-20-44,24-21-44)36-28-48-39(51-36)35-14-10-26-54(35)41(56)37(52-42(57)46-5-2)30-11-7-6-8-12-30/h6-8,11-12,15-18,27-28,32,34-35,37H,4-5,9-10,13-14,19-26H2,1-3H3,(H,47,49)(H,48,51)(H,50,58)(H2,46,52,57). The molecule has 0 radical (unpaired) electrons. The third-order valence-corrected chi connectivity index (χ3v) is 13.7. The fraction of sp³-hybridized carbons (Fsp3) is 0.511. The third-order valence-electron chi connectivity index (χ3n) is 13.7. The van der Waals surface area contributed by atoms with Crippen molar-refractivity contribution in [3.8, 4) is 11.3 Å². The number of alkyl carbamates (subject to hydrolysis) is 1. The molecule has 14 heteroatoms. The van der Waals surface area contributed by atoms with Crippen LogP contribution in [0.3, 0.4) is 0 Å². The number of carbonyl (C=O) groups excluding carboxylic acids is 4. The molecule has 312 valence electrons. The number of fused-ring (bicyclic) bond motifs is 3. The van der Waals surface area contributed by atoms with E-state index < -0.39 is 18.2 Å². The highest BCUT2D eigenvalue weighted by molar-refractivity contribution is 5.89. The predicted molar refractivity (Wildman–Crippen MR) is 222 cm³/mol. The number of benzene rings is 2. The number of rotatable bonds is 12. The van der Waals surface area contributed by atoms with Gasteiger partial charge in [0, 0.05) is 36.9 Å². The molecule has 5 fully saturated rings. The van der Waals surface area contributed by atoms with Gasteiger partial charge in [0.25, 0.3) is 0 Å². The SMILES string of the molecule is CCNC(=O)NC(C(=O)N1CCCC1c1ncc(C23CCC(c4ccc(-c5cnc(C6CCCN6C(=O)C(CC)NC(=O)OC)[nH]5)cc4)(CC2)CC3)[nH]1)c1ccccc1. The van der Waals surface area contributed by atoms with Crippen LogP contribution < -0.4 is 16.0 Å². The molecule has 2 saturated heterocycles. The molecule has 4 heterocycles. The van der Waals surface area contributed by atoms with E-state index in [0.717, 1.165) is 92.7 Å². The maximum atomic E-state index is 14.1. The topological polar surface area (TPSA) is 177 Å². The van der Waals surface area contributed by atoms with Crippen LogP contribution in [0.4, 0.5) is 9.59 Å². The van der Waals surface area contributed by atoms with Crippen LogP contribution >= 0.6 is 0 Å². The lowest BCUT2D eigenvalue weighted by Crippen LogP contribution is -2.48. The van der Waals surface area contributed by atoms with E-state index in [1.165, 1.54) is 18.4 Å². The fourth-order valence-electron chi connectivity index (χ4n) is 10.3. The monoisotopic (exact) mass is 803 g/mol. The Labute approximate surface area is 345 Å². The average molecular weight is 804 g/mol. The summed E-state index contributed by atoms with van der Waals surface area (Å²) in [6.45, 7) is 5.44. The molecular formula is C45H57N9O5. The van der Waals surface area contributed by atoms with Crippen molar-refractivity contribution in [1.29, 1.82) is 0 Å². The highest BCUT2D eigenvalue weighted by atomic mass is 16.5. The molecule has 2 aromatic carbocycles. The smallest absolute Gasteiger partial charge is 0.407 e. The first-order valence-corrected chi connectivity index (χ1v) is 21.4. The molecule has 4 aromatic rings. The van der Waals surface area contributed by atoms with Crippen molar-refractivity contribution < 1.29 is 23.9 Å². The highest BCUT2D eigenvalue weighted by Gasteiger charge is 2.51. The molecule has 5 N–H and O–H groups in total. The summed E-state index contributed by atoms with van der Waals surface area (Å²) in [6.07, 6.45) is 13.6. The van der Waals surface area contributed by atoms with E-state index in [-0.39, 0.29) is 40.8 Å². The summed E-state index contributed by atoms with van der Waals surface area (Å²) in [7, 11) is 1.30. The largest absolute Gasteiger partial charge is 0.453 e. The van der Waals surface area contributed by atoms with E-state index in [0.29, 0.717) is 26.1 Å². The Morgan fingerprint density at radius 3 is 2.02 bits per heavy atom. The minimum absolute atomic E-state index is 0.0428. The summed E-state index contributed by atoms with van der Waals surface area (Å²) in [5, 5.41) is 8.35. The second-order valence-electron chi connectivity index (χ2n) is 16.8. The Morgan fingerprint density at radius 2 is 1.39 bits per heavy atom. The molecule has 0 spiro atoms. The van der Waals surface area contributed by atoms with Crippen molar-refractivity contribution in [1.82, 2.24) is 45.7 Å². The number of nitrogens with zero attached hydrogens (tertiary/aromatic N) is 4. The molecule has 9 rings (SSSR count). The number of methoxy groups -OCH3 is 1. The Kier molecular flexibility index (Phi) is 11.5. The lowest BCUT2D eigenvalue weighted by Gasteiger charge is -2.53. The molecule has 4 atom stereocenters. The normalized spacial score (nSPS) is 24.7. The van der Waals surface area contributed by atoms with Gasteiger partial charge < -0.3 is 40.5 Å². The quantitative estimate of drug-likeness (QED) is 0.104. The van der Waals surface area contributed by atoms with E-state index >= 15 is 0 Å². The van der Waals surface area contributed by atoms with E-state index in [4.69, 9.17) is 14.7 Å². The lowest BCUT2D eigenvalue weighted by atomic mass is 9.51. The molecule has 2 bridgehead atoms. The number of likely N-dealkylation sites (tertiary alicyclic amines) is 2. The van der Waals surface area contributed by atoms with E-state index in [1.54, 1.807) is 0 Å². The lowest BCUT2D eigenvalue weighted by molar-refractivity contribution is -0.135. The van der Waals surface area contributed by atoms with Crippen molar-refractivity contribution >= 4 is 23.9 Å². The first-order valence-electron chi connectivity index (χ1n) is 21.4. The van der Waals surface area contributed by atoms with E-state index in [9.17, 15) is 19.2 Å². The Balaban J connectivity index is 0.914. The summed E-state index contributed by atoms with van der Waals surface area (Å²) in [5.41, 5.74) is 5.47. The van der Waals surface area contributed by atoms with Crippen LogP contribution in [0.5, 0.6) is 0 Å². The second-order valence-corrected chi connectivity index (χ2v) is 16.8. The van der Waals surface area contributed by atoms with Crippen LogP contribution in [0.25, 0.3) is 11.3 Å². The van der Waals surface area contributed by atoms with Gasteiger partial charge in [-0.3, -0.25) is 9.59 Å². The molecule has 14 nitrogen and oxygen atoms in total. The van der Waals surface area contributed by atoms with Gasteiger partial charge in [0.15, 0.2) is 0 Å². The molecule has 2 aliphatic heterocycles. The van der Waals surface area contributed by atoms with Gasteiger partial charge in [-0.25, -0.2) is 19.6 Å². The fourth-order valence-corrected chi connectivity index (χ4v) is 10.3. The van der Waals surface area contributed by atoms with Crippen molar-refractivity contribution in [3.63, 3.8) is 0 Å². The number of carbonyl (C=O) groups is 4. The Morgan fingerprint density at radius 1 is 0.780 bits per heavy atom. The van der Waals surface area contributed by atoms with Crippen molar-refractivity contribution in [3.05, 3.63) is 95.5 Å². The zero-order valence-corrected chi connectivity index (χ0v) is 34.4. The second kappa shape index (κ2) is 16.9. The number of urea groups is 1. The van der Waals surface area contributed by atoms with Gasteiger partial charge in [-0.05, 0) is 99.7 Å². The maximum Gasteiger partial charge on any atom is 0.407 e. The molecule has 3 aliphatic carbocycles. The zero-order valence-electron chi connectivity index (χ0n) is 34.4. The summed E-state index contributed by atoms with van der Waals surface area (Å²) in [4.78, 5) is 72.6. The van der Waals surface area contributed by atoms with Crippen molar-refractivity contribution in [2.45, 2.75) is 119 Å². The van der Waals surface area contributed by atoms with Crippen molar-refractivity contribution in [2.75, 3.05) is 26.7 Å². The van der Waals surface area contributed by atoms with Gasteiger partial charge in [-0.2, -0.15) is 0 Å². The van der Waals surface area contributed by atoms with Gasteiger partial charge in [0.1, 0.15) is 23.7 Å². The number of amides is 5. The van der Waals surface area contributed by atoms with Crippen LogP contribution in [0, 0.1) is 0 Å². The first kappa shape index (κ1) is 40.1. The number of hydrogen-bond acceptors (Lipinski definition) is 7. The number of imidazole rings is 2. The molecule has 5 aliphatic rings. The molecule has 4 unspecified atom stereocenters.